The highest BCUT2D eigenvalue weighted by atomic mass is 32.2. The van der Waals surface area contributed by atoms with Crippen molar-refractivity contribution in [3.63, 3.8) is 0 Å². The fraction of sp³-hybridized carbons (Fsp3) is 0.917. The summed E-state index contributed by atoms with van der Waals surface area (Å²) in [5.74, 6) is 0.800. The summed E-state index contributed by atoms with van der Waals surface area (Å²) >= 11 is 1.92. The molecule has 0 aromatic carbocycles. The number of hydrogen-bond acceptors (Lipinski definition) is 3. The summed E-state index contributed by atoms with van der Waals surface area (Å²) in [5.41, 5.74) is 0. The molecule has 0 bridgehead atoms. The summed E-state index contributed by atoms with van der Waals surface area (Å²) in [6, 6.07) is 0. The monoisotopic (exact) mass is 242 g/mol. The molecule has 0 N–H and O–H groups in total. The Balaban J connectivity index is 1.71. The Labute approximate surface area is 103 Å². The van der Waals surface area contributed by atoms with E-state index in [1.54, 1.807) is 0 Å². The number of rotatable bonds is 4. The molecular weight excluding hydrogens is 220 g/mol. The lowest BCUT2D eigenvalue weighted by atomic mass is 10.2. The largest absolute Gasteiger partial charge is 0.340 e. The molecule has 2 aliphatic rings. The molecule has 1 aliphatic carbocycles. The molecule has 3 nitrogen and oxygen atoms in total. The van der Waals surface area contributed by atoms with Crippen LogP contribution in [0, 0.1) is 5.92 Å². The van der Waals surface area contributed by atoms with E-state index < -0.39 is 0 Å². The Hall–Kier alpha value is -0.220. The highest BCUT2D eigenvalue weighted by Gasteiger charge is 2.34. The minimum Gasteiger partial charge on any atom is -0.340 e. The third-order valence-electron chi connectivity index (χ3n) is 3.53. The number of hydrogen-bond donors (Lipinski definition) is 0. The van der Waals surface area contributed by atoms with Crippen molar-refractivity contribution in [2.24, 2.45) is 5.92 Å². The first-order valence-electron chi connectivity index (χ1n) is 6.24. The first-order chi connectivity index (χ1) is 7.70. The summed E-state index contributed by atoms with van der Waals surface area (Å²) in [7, 11) is 0. The second kappa shape index (κ2) is 5.41. The SMILES string of the molecule is CSC(C)CN1CCN(C(=O)C2CC2)CC1. The maximum Gasteiger partial charge on any atom is 0.225 e. The van der Waals surface area contributed by atoms with Crippen molar-refractivity contribution in [3.05, 3.63) is 0 Å². The second-order valence-corrected chi connectivity index (χ2v) is 6.22. The van der Waals surface area contributed by atoms with Crippen molar-refractivity contribution >= 4 is 17.7 Å². The van der Waals surface area contributed by atoms with Crippen LogP contribution in [0.1, 0.15) is 19.8 Å². The zero-order valence-electron chi connectivity index (χ0n) is 10.3. The van der Waals surface area contributed by atoms with Crippen LogP contribution in [0.4, 0.5) is 0 Å². The van der Waals surface area contributed by atoms with Crippen LogP contribution in [0.2, 0.25) is 0 Å². The summed E-state index contributed by atoms with van der Waals surface area (Å²) in [5, 5.41) is 0.700. The van der Waals surface area contributed by atoms with Gasteiger partial charge in [0.2, 0.25) is 5.91 Å². The highest BCUT2D eigenvalue weighted by molar-refractivity contribution is 7.99. The minimum absolute atomic E-state index is 0.386. The summed E-state index contributed by atoms with van der Waals surface area (Å²) in [4.78, 5) is 16.4. The van der Waals surface area contributed by atoms with E-state index in [1.807, 2.05) is 11.8 Å². The normalized spacial score (nSPS) is 24.5. The molecule has 1 amide bonds. The van der Waals surface area contributed by atoms with Crippen LogP contribution in [-0.4, -0.2) is 59.9 Å². The third-order valence-corrected chi connectivity index (χ3v) is 4.48. The zero-order valence-corrected chi connectivity index (χ0v) is 11.1. The van der Waals surface area contributed by atoms with E-state index in [0.29, 0.717) is 17.1 Å². The van der Waals surface area contributed by atoms with Crippen molar-refractivity contribution in [2.45, 2.75) is 25.0 Å². The van der Waals surface area contributed by atoms with Gasteiger partial charge in [-0.05, 0) is 19.1 Å². The molecule has 0 radical (unpaired) electrons. The van der Waals surface area contributed by atoms with E-state index in [-0.39, 0.29) is 0 Å². The number of carbonyl (C=O) groups is 1. The van der Waals surface area contributed by atoms with Gasteiger partial charge in [-0.2, -0.15) is 11.8 Å². The van der Waals surface area contributed by atoms with Gasteiger partial charge < -0.3 is 4.90 Å². The molecule has 1 atom stereocenters. The average Bonchev–Trinajstić information content (AvgIpc) is 3.13. The van der Waals surface area contributed by atoms with Crippen LogP contribution in [0.5, 0.6) is 0 Å². The molecule has 2 rings (SSSR count). The molecule has 1 saturated heterocycles. The molecule has 1 heterocycles. The predicted molar refractivity (Wildman–Crippen MR) is 68.7 cm³/mol. The van der Waals surface area contributed by atoms with Crippen molar-refractivity contribution in [3.8, 4) is 0 Å². The number of piperazine rings is 1. The molecule has 2 fully saturated rings. The minimum atomic E-state index is 0.386. The standard InChI is InChI=1S/C12H22N2OS/c1-10(16-2)9-13-5-7-14(8-6-13)12(15)11-3-4-11/h10-11H,3-9H2,1-2H3. The quantitative estimate of drug-likeness (QED) is 0.742. The lowest BCUT2D eigenvalue weighted by molar-refractivity contribution is -0.134. The molecule has 16 heavy (non-hydrogen) atoms. The molecule has 1 unspecified atom stereocenters. The van der Waals surface area contributed by atoms with Gasteiger partial charge >= 0.3 is 0 Å². The van der Waals surface area contributed by atoms with Gasteiger partial charge in [-0.3, -0.25) is 9.69 Å². The van der Waals surface area contributed by atoms with Crippen molar-refractivity contribution in [1.82, 2.24) is 9.80 Å². The molecule has 0 aromatic rings. The topological polar surface area (TPSA) is 23.6 Å². The van der Waals surface area contributed by atoms with E-state index >= 15 is 0 Å². The number of thioether (sulfide) groups is 1. The average molecular weight is 242 g/mol. The zero-order chi connectivity index (χ0) is 11.5. The second-order valence-electron chi connectivity index (χ2n) is 4.95. The van der Waals surface area contributed by atoms with Crippen molar-refractivity contribution < 1.29 is 4.79 Å². The summed E-state index contributed by atoms with van der Waals surface area (Å²) in [6.07, 6.45) is 4.42. The Kier molecular flexibility index (Phi) is 4.14. The van der Waals surface area contributed by atoms with Crippen LogP contribution in [0.3, 0.4) is 0 Å². The smallest absolute Gasteiger partial charge is 0.225 e. The van der Waals surface area contributed by atoms with E-state index in [9.17, 15) is 4.79 Å². The van der Waals surface area contributed by atoms with Gasteiger partial charge in [0.1, 0.15) is 0 Å². The van der Waals surface area contributed by atoms with Crippen molar-refractivity contribution in [1.29, 1.82) is 0 Å². The molecule has 1 saturated carbocycles. The highest BCUT2D eigenvalue weighted by Crippen LogP contribution is 2.31. The fourth-order valence-electron chi connectivity index (χ4n) is 2.18. The molecule has 0 spiro atoms. The number of carbonyl (C=O) groups excluding carboxylic acids is 1. The Morgan fingerprint density at radius 1 is 1.31 bits per heavy atom. The van der Waals surface area contributed by atoms with Crippen LogP contribution < -0.4 is 0 Å². The Bertz CT molecular complexity index is 247. The first kappa shape index (κ1) is 12.2. The lowest BCUT2D eigenvalue weighted by Gasteiger charge is -2.35. The molecule has 1 aliphatic heterocycles. The number of amides is 1. The van der Waals surface area contributed by atoms with E-state index in [1.165, 1.54) is 0 Å². The maximum absolute atomic E-state index is 11.8. The summed E-state index contributed by atoms with van der Waals surface area (Å²) < 4.78 is 0. The lowest BCUT2D eigenvalue weighted by Crippen LogP contribution is -2.50. The van der Waals surface area contributed by atoms with E-state index in [4.69, 9.17) is 0 Å². The van der Waals surface area contributed by atoms with E-state index in [2.05, 4.69) is 23.0 Å². The Morgan fingerprint density at radius 3 is 2.44 bits per heavy atom. The third kappa shape index (κ3) is 3.14. The molecule has 4 heteroatoms. The van der Waals surface area contributed by atoms with Crippen LogP contribution in [-0.2, 0) is 4.79 Å². The van der Waals surface area contributed by atoms with Crippen LogP contribution >= 0.6 is 11.8 Å². The predicted octanol–water partition coefficient (Wildman–Crippen LogP) is 1.29. The van der Waals surface area contributed by atoms with Crippen LogP contribution in [0.25, 0.3) is 0 Å². The number of nitrogens with zero attached hydrogens (tertiary/aromatic N) is 2. The Morgan fingerprint density at radius 2 is 1.94 bits per heavy atom. The summed E-state index contributed by atoms with van der Waals surface area (Å²) in [6.45, 7) is 7.43. The van der Waals surface area contributed by atoms with Crippen molar-refractivity contribution in [2.75, 3.05) is 39.0 Å². The fourth-order valence-corrected chi connectivity index (χ4v) is 2.54. The van der Waals surface area contributed by atoms with Gasteiger partial charge in [-0.1, -0.05) is 6.92 Å². The van der Waals surface area contributed by atoms with E-state index in [0.717, 1.165) is 45.6 Å². The molecule has 0 aromatic heterocycles. The van der Waals surface area contributed by atoms with Gasteiger partial charge in [-0.15, -0.1) is 0 Å². The van der Waals surface area contributed by atoms with Crippen LogP contribution in [0.15, 0.2) is 0 Å². The molecule has 92 valence electrons. The van der Waals surface area contributed by atoms with Gasteiger partial charge in [-0.25, -0.2) is 0 Å². The van der Waals surface area contributed by atoms with Gasteiger partial charge in [0.25, 0.3) is 0 Å². The van der Waals surface area contributed by atoms with Gasteiger partial charge in [0.15, 0.2) is 0 Å². The van der Waals surface area contributed by atoms with Gasteiger partial charge in [0, 0.05) is 43.9 Å². The van der Waals surface area contributed by atoms with Gasteiger partial charge in [0.05, 0.1) is 0 Å². The maximum atomic E-state index is 11.8. The molecular formula is C12H22N2OS. The first-order valence-corrected chi connectivity index (χ1v) is 7.53.